The fourth-order valence-corrected chi connectivity index (χ4v) is 2.35. The van der Waals surface area contributed by atoms with E-state index < -0.39 is 31.1 Å². The van der Waals surface area contributed by atoms with Gasteiger partial charge in [0, 0.05) is 18.2 Å². The van der Waals surface area contributed by atoms with E-state index in [9.17, 15) is 14.2 Å². The van der Waals surface area contributed by atoms with Crippen LogP contribution in [0.1, 0.15) is 18.4 Å². The number of ether oxygens (including phenoxy) is 2. The quantitative estimate of drug-likeness (QED) is 0.634. The van der Waals surface area contributed by atoms with Crippen LogP contribution >= 0.6 is 7.60 Å². The fraction of sp³-hybridized carbons (Fsp3) is 0.600. The van der Waals surface area contributed by atoms with Crippen LogP contribution in [0.4, 0.5) is 0 Å². The predicted molar refractivity (Wildman–Crippen MR) is 67.2 cm³/mol. The summed E-state index contributed by atoms with van der Waals surface area (Å²) in [5.41, 5.74) is -1.03. The first-order valence-electron chi connectivity index (χ1n) is 5.89. The normalized spacial score (nSPS) is 23.1. The van der Waals surface area contributed by atoms with Crippen molar-refractivity contribution in [3.05, 3.63) is 32.6 Å². The molecular formula is C10H15N2O7P. The lowest BCUT2D eigenvalue weighted by Gasteiger charge is -2.30. The van der Waals surface area contributed by atoms with Crippen LogP contribution in [-0.2, 0) is 19.9 Å². The van der Waals surface area contributed by atoms with Crippen molar-refractivity contribution in [2.45, 2.75) is 25.7 Å². The molecule has 112 valence electrons. The Bertz CT molecular complexity index is 652. The summed E-state index contributed by atoms with van der Waals surface area (Å²) in [6, 6.07) is 0. The van der Waals surface area contributed by atoms with Gasteiger partial charge in [-0.2, -0.15) is 0 Å². The molecule has 1 atom stereocenters. The van der Waals surface area contributed by atoms with Gasteiger partial charge in [-0.05, 0) is 13.3 Å². The van der Waals surface area contributed by atoms with E-state index in [0.717, 1.165) is 4.57 Å². The molecule has 3 N–H and O–H groups in total. The van der Waals surface area contributed by atoms with E-state index in [2.05, 4.69) is 4.98 Å². The van der Waals surface area contributed by atoms with Crippen molar-refractivity contribution in [3.8, 4) is 0 Å². The molecule has 0 unspecified atom stereocenters. The van der Waals surface area contributed by atoms with Crippen molar-refractivity contribution >= 4 is 7.60 Å². The van der Waals surface area contributed by atoms with Gasteiger partial charge < -0.3 is 19.3 Å². The second-order valence-corrected chi connectivity index (χ2v) is 6.13. The molecule has 1 aliphatic rings. The molecule has 20 heavy (non-hydrogen) atoms. The summed E-state index contributed by atoms with van der Waals surface area (Å²) in [6.45, 7) is 1.78. The maximum Gasteiger partial charge on any atom is 0.351 e. The monoisotopic (exact) mass is 306 g/mol. The molecular weight excluding hydrogens is 291 g/mol. The highest BCUT2D eigenvalue weighted by molar-refractivity contribution is 7.51. The molecule has 0 saturated carbocycles. The van der Waals surface area contributed by atoms with E-state index in [1.165, 1.54) is 13.1 Å². The minimum absolute atomic E-state index is 0.248. The van der Waals surface area contributed by atoms with Gasteiger partial charge in [0.2, 0.25) is 0 Å². The van der Waals surface area contributed by atoms with Crippen LogP contribution in [0, 0.1) is 6.92 Å². The minimum atomic E-state index is -4.41. The van der Waals surface area contributed by atoms with E-state index in [0.29, 0.717) is 6.42 Å². The number of aromatic amines is 1. The number of H-pyrrole nitrogens is 1. The van der Waals surface area contributed by atoms with Gasteiger partial charge in [0.1, 0.15) is 0 Å². The number of hydrogen-bond donors (Lipinski definition) is 3. The Morgan fingerprint density at radius 2 is 2.25 bits per heavy atom. The Morgan fingerprint density at radius 1 is 1.55 bits per heavy atom. The third-order valence-electron chi connectivity index (χ3n) is 2.91. The zero-order valence-electron chi connectivity index (χ0n) is 10.7. The minimum Gasteiger partial charge on any atom is -0.332 e. The first-order chi connectivity index (χ1) is 9.23. The largest absolute Gasteiger partial charge is 0.351 e. The summed E-state index contributed by atoms with van der Waals surface area (Å²) in [6.07, 6.45) is 1.19. The van der Waals surface area contributed by atoms with Gasteiger partial charge in [0.15, 0.2) is 6.35 Å². The molecule has 9 nitrogen and oxygen atoms in total. The van der Waals surface area contributed by atoms with Gasteiger partial charge in [-0.1, -0.05) is 0 Å². The fourth-order valence-electron chi connectivity index (χ4n) is 1.98. The summed E-state index contributed by atoms with van der Waals surface area (Å²) in [5.74, 6) is -1.59. The number of nitrogens with zero attached hydrogens (tertiary/aromatic N) is 1. The zero-order valence-corrected chi connectivity index (χ0v) is 11.6. The molecule has 1 aromatic rings. The SMILES string of the molecule is Cc1cn([C@@]2(OCP(=O)(O)O)CCCO2)c(=O)[nH]c1=O. The van der Waals surface area contributed by atoms with Crippen LogP contribution in [-0.4, -0.2) is 32.3 Å². The molecule has 1 aliphatic heterocycles. The van der Waals surface area contributed by atoms with Crippen molar-refractivity contribution < 1.29 is 23.8 Å². The van der Waals surface area contributed by atoms with Crippen molar-refractivity contribution in [1.82, 2.24) is 9.55 Å². The van der Waals surface area contributed by atoms with Crippen LogP contribution in [0.5, 0.6) is 0 Å². The Balaban J connectivity index is 2.43. The molecule has 0 radical (unpaired) electrons. The van der Waals surface area contributed by atoms with Crippen LogP contribution in [0.2, 0.25) is 0 Å². The van der Waals surface area contributed by atoms with Crippen LogP contribution in [0.25, 0.3) is 0 Å². The lowest BCUT2D eigenvalue weighted by Crippen LogP contribution is -2.46. The van der Waals surface area contributed by atoms with Crippen molar-refractivity contribution in [2.24, 2.45) is 0 Å². The summed E-state index contributed by atoms with van der Waals surface area (Å²) in [4.78, 5) is 43.1. The zero-order chi connectivity index (χ0) is 15.0. The highest BCUT2D eigenvalue weighted by Crippen LogP contribution is 2.39. The molecule has 10 heteroatoms. The Hall–Kier alpha value is -1.25. The summed E-state index contributed by atoms with van der Waals surface area (Å²) < 4.78 is 22.5. The van der Waals surface area contributed by atoms with Gasteiger partial charge in [-0.25, -0.2) is 9.36 Å². The van der Waals surface area contributed by atoms with Crippen LogP contribution in [0.15, 0.2) is 15.8 Å². The maximum atomic E-state index is 11.9. The molecule has 2 heterocycles. The molecule has 0 aliphatic carbocycles. The Morgan fingerprint density at radius 3 is 2.80 bits per heavy atom. The molecule has 0 amide bonds. The molecule has 2 rings (SSSR count). The number of nitrogens with one attached hydrogen (secondary N) is 1. The molecule has 1 fully saturated rings. The third kappa shape index (κ3) is 3.08. The smallest absolute Gasteiger partial charge is 0.332 e. The molecule has 0 spiro atoms. The van der Waals surface area contributed by atoms with E-state index in [1.807, 2.05) is 0 Å². The van der Waals surface area contributed by atoms with Gasteiger partial charge in [0.25, 0.3) is 11.5 Å². The van der Waals surface area contributed by atoms with Gasteiger partial charge in [-0.3, -0.25) is 14.3 Å². The number of rotatable bonds is 4. The van der Waals surface area contributed by atoms with Crippen molar-refractivity contribution in [3.63, 3.8) is 0 Å². The van der Waals surface area contributed by atoms with Crippen LogP contribution in [0.3, 0.4) is 0 Å². The van der Waals surface area contributed by atoms with Crippen molar-refractivity contribution in [1.29, 1.82) is 0 Å². The Kier molecular flexibility index (Phi) is 3.99. The number of hydrogen-bond acceptors (Lipinski definition) is 5. The summed E-state index contributed by atoms with van der Waals surface area (Å²) >= 11 is 0. The maximum absolute atomic E-state index is 11.9. The second-order valence-electron chi connectivity index (χ2n) is 4.54. The lowest BCUT2D eigenvalue weighted by molar-refractivity contribution is -0.263. The van der Waals surface area contributed by atoms with E-state index in [1.54, 1.807) is 0 Å². The van der Waals surface area contributed by atoms with Gasteiger partial charge in [-0.15, -0.1) is 0 Å². The summed E-state index contributed by atoms with van der Waals surface area (Å²) in [5, 5.41) is 0. The Labute approximate surface area is 113 Å². The van der Waals surface area contributed by atoms with Crippen molar-refractivity contribution in [2.75, 3.05) is 13.0 Å². The molecule has 0 aromatic carbocycles. The van der Waals surface area contributed by atoms with Crippen LogP contribution < -0.4 is 11.2 Å². The topological polar surface area (TPSA) is 131 Å². The molecule has 1 saturated heterocycles. The second kappa shape index (κ2) is 5.27. The lowest BCUT2D eigenvalue weighted by atomic mass is 10.3. The standard InChI is InChI=1S/C10H15N2O7P/c1-7-5-12(9(14)11-8(7)13)10(3-2-4-18-10)19-6-20(15,16)17/h5H,2-4,6H2,1H3,(H,11,13,14)(H2,15,16,17)/t10-/m0/s1. The average Bonchev–Trinajstić information content (AvgIpc) is 2.80. The first kappa shape index (κ1) is 15.1. The first-order valence-corrected chi connectivity index (χ1v) is 7.69. The number of aryl methyl sites for hydroxylation is 1. The molecule has 1 aromatic heterocycles. The van der Waals surface area contributed by atoms with E-state index in [4.69, 9.17) is 19.3 Å². The van der Waals surface area contributed by atoms with E-state index in [-0.39, 0.29) is 18.6 Å². The summed E-state index contributed by atoms with van der Waals surface area (Å²) in [7, 11) is -4.41. The predicted octanol–water partition coefficient (Wildman–Crippen LogP) is -0.582. The van der Waals surface area contributed by atoms with E-state index >= 15 is 0 Å². The highest BCUT2D eigenvalue weighted by Gasteiger charge is 2.41. The van der Waals surface area contributed by atoms with Gasteiger partial charge in [0.05, 0.1) is 6.61 Å². The van der Waals surface area contributed by atoms with Gasteiger partial charge >= 0.3 is 13.3 Å². The number of aromatic nitrogens is 2. The highest BCUT2D eigenvalue weighted by atomic mass is 31.2. The third-order valence-corrected chi connectivity index (χ3v) is 3.38. The average molecular weight is 306 g/mol. The molecule has 0 bridgehead atoms.